The standard InChI is InChI=1S/C15H12FN3O/c16-13-7-9(1-2-10(13)8-17)11-5-6-18-15-12(11)3-4-14(20)19-15/h1-7H,8,17H2,(H,18,19,20). The summed E-state index contributed by atoms with van der Waals surface area (Å²) >= 11 is 0. The van der Waals surface area contributed by atoms with Crippen LogP contribution in [-0.2, 0) is 6.54 Å². The number of aromatic nitrogens is 2. The Morgan fingerprint density at radius 2 is 2.05 bits per heavy atom. The van der Waals surface area contributed by atoms with Gasteiger partial charge in [0.25, 0.3) is 0 Å². The molecule has 0 aliphatic rings. The van der Waals surface area contributed by atoms with E-state index in [1.54, 1.807) is 24.4 Å². The average molecular weight is 269 g/mol. The van der Waals surface area contributed by atoms with E-state index in [4.69, 9.17) is 5.73 Å². The Labute approximate surface area is 114 Å². The molecule has 0 amide bonds. The molecule has 0 radical (unpaired) electrons. The molecular formula is C15H12FN3O. The smallest absolute Gasteiger partial charge is 0.249 e. The Kier molecular flexibility index (Phi) is 3.04. The molecule has 0 bridgehead atoms. The molecular weight excluding hydrogens is 257 g/mol. The van der Waals surface area contributed by atoms with Gasteiger partial charge in [-0.3, -0.25) is 4.79 Å². The number of nitrogens with zero attached hydrogens (tertiary/aromatic N) is 1. The number of hydrogen-bond donors (Lipinski definition) is 2. The summed E-state index contributed by atoms with van der Waals surface area (Å²) in [6, 6.07) is 9.83. The SMILES string of the molecule is NCc1ccc(-c2ccnc3[nH]c(=O)ccc23)cc1F. The van der Waals surface area contributed by atoms with Gasteiger partial charge in [-0.25, -0.2) is 9.37 Å². The summed E-state index contributed by atoms with van der Waals surface area (Å²) in [5, 5.41) is 0.770. The number of halogens is 1. The third-order valence-corrected chi connectivity index (χ3v) is 3.22. The fourth-order valence-electron chi connectivity index (χ4n) is 2.19. The van der Waals surface area contributed by atoms with Crippen LogP contribution in [0.2, 0.25) is 0 Å². The van der Waals surface area contributed by atoms with Gasteiger partial charge in [0.1, 0.15) is 11.5 Å². The van der Waals surface area contributed by atoms with Crippen LogP contribution in [0.4, 0.5) is 4.39 Å². The van der Waals surface area contributed by atoms with Crippen molar-refractivity contribution in [2.24, 2.45) is 5.73 Å². The molecule has 3 aromatic rings. The molecule has 20 heavy (non-hydrogen) atoms. The molecule has 0 atom stereocenters. The van der Waals surface area contributed by atoms with Gasteiger partial charge < -0.3 is 10.7 Å². The first-order valence-electron chi connectivity index (χ1n) is 6.16. The fourth-order valence-corrected chi connectivity index (χ4v) is 2.19. The number of benzene rings is 1. The highest BCUT2D eigenvalue weighted by Gasteiger charge is 2.08. The van der Waals surface area contributed by atoms with Crippen LogP contribution in [0.15, 0.2) is 47.4 Å². The topological polar surface area (TPSA) is 71.8 Å². The van der Waals surface area contributed by atoms with E-state index in [0.29, 0.717) is 11.2 Å². The van der Waals surface area contributed by atoms with Gasteiger partial charge in [-0.05, 0) is 29.3 Å². The molecule has 3 N–H and O–H groups in total. The van der Waals surface area contributed by atoms with E-state index in [-0.39, 0.29) is 17.9 Å². The number of H-pyrrole nitrogens is 1. The van der Waals surface area contributed by atoms with Crippen molar-refractivity contribution in [1.82, 2.24) is 9.97 Å². The average Bonchev–Trinajstić information content (AvgIpc) is 2.46. The van der Waals surface area contributed by atoms with E-state index in [1.807, 2.05) is 6.07 Å². The lowest BCUT2D eigenvalue weighted by molar-refractivity contribution is 0.611. The maximum atomic E-state index is 13.8. The quantitative estimate of drug-likeness (QED) is 0.749. The minimum absolute atomic E-state index is 0.163. The van der Waals surface area contributed by atoms with Crippen molar-refractivity contribution in [3.05, 3.63) is 64.3 Å². The van der Waals surface area contributed by atoms with Gasteiger partial charge in [0, 0.05) is 29.8 Å². The van der Waals surface area contributed by atoms with Crippen molar-refractivity contribution in [2.75, 3.05) is 0 Å². The zero-order valence-electron chi connectivity index (χ0n) is 10.6. The van der Waals surface area contributed by atoms with Gasteiger partial charge in [-0.1, -0.05) is 12.1 Å². The minimum Gasteiger partial charge on any atom is -0.326 e. The van der Waals surface area contributed by atoms with E-state index in [9.17, 15) is 9.18 Å². The van der Waals surface area contributed by atoms with Crippen LogP contribution in [0.25, 0.3) is 22.2 Å². The van der Waals surface area contributed by atoms with Gasteiger partial charge in [-0.2, -0.15) is 0 Å². The number of aromatic amines is 1. The molecule has 0 fully saturated rings. The summed E-state index contributed by atoms with van der Waals surface area (Å²) in [5.74, 6) is -0.334. The zero-order valence-corrected chi connectivity index (χ0v) is 10.6. The number of rotatable bonds is 2. The van der Waals surface area contributed by atoms with E-state index in [1.165, 1.54) is 12.1 Å². The third kappa shape index (κ3) is 2.08. The van der Waals surface area contributed by atoms with E-state index in [0.717, 1.165) is 16.5 Å². The van der Waals surface area contributed by atoms with Gasteiger partial charge in [0.05, 0.1) is 0 Å². The van der Waals surface area contributed by atoms with Gasteiger partial charge in [-0.15, -0.1) is 0 Å². The summed E-state index contributed by atoms with van der Waals surface area (Å²) in [7, 11) is 0. The lowest BCUT2D eigenvalue weighted by Gasteiger charge is -2.07. The summed E-state index contributed by atoms with van der Waals surface area (Å²) in [6.07, 6.45) is 1.59. The number of nitrogens with two attached hydrogens (primary N) is 1. The van der Waals surface area contributed by atoms with Crippen LogP contribution in [0, 0.1) is 5.82 Å². The molecule has 0 aliphatic carbocycles. The van der Waals surface area contributed by atoms with Crippen molar-refractivity contribution in [3.63, 3.8) is 0 Å². The number of fused-ring (bicyclic) bond motifs is 1. The first-order chi connectivity index (χ1) is 9.69. The monoisotopic (exact) mass is 269 g/mol. The van der Waals surface area contributed by atoms with Gasteiger partial charge in [0.2, 0.25) is 5.56 Å². The molecule has 0 saturated carbocycles. The molecule has 0 unspecified atom stereocenters. The van der Waals surface area contributed by atoms with Gasteiger partial charge in [0.15, 0.2) is 0 Å². The predicted molar refractivity (Wildman–Crippen MR) is 75.6 cm³/mol. The summed E-state index contributed by atoms with van der Waals surface area (Å²) in [6.45, 7) is 0.163. The van der Waals surface area contributed by atoms with Crippen LogP contribution in [0.3, 0.4) is 0 Å². The van der Waals surface area contributed by atoms with E-state index in [2.05, 4.69) is 9.97 Å². The molecule has 0 saturated heterocycles. The summed E-state index contributed by atoms with van der Waals surface area (Å²) in [4.78, 5) is 18.1. The summed E-state index contributed by atoms with van der Waals surface area (Å²) < 4.78 is 13.8. The van der Waals surface area contributed by atoms with E-state index >= 15 is 0 Å². The normalized spacial score (nSPS) is 10.9. The molecule has 5 heteroatoms. The second-order valence-electron chi connectivity index (χ2n) is 4.45. The molecule has 2 aromatic heterocycles. The van der Waals surface area contributed by atoms with Crippen molar-refractivity contribution in [2.45, 2.75) is 6.54 Å². The maximum absolute atomic E-state index is 13.8. The van der Waals surface area contributed by atoms with Crippen LogP contribution in [-0.4, -0.2) is 9.97 Å². The third-order valence-electron chi connectivity index (χ3n) is 3.22. The van der Waals surface area contributed by atoms with Crippen LogP contribution >= 0.6 is 0 Å². The molecule has 4 nitrogen and oxygen atoms in total. The number of pyridine rings is 2. The van der Waals surface area contributed by atoms with Crippen molar-refractivity contribution in [3.8, 4) is 11.1 Å². The van der Waals surface area contributed by atoms with Crippen molar-refractivity contribution >= 4 is 11.0 Å². The molecule has 1 aromatic carbocycles. The number of nitrogens with one attached hydrogen (secondary N) is 1. The highest BCUT2D eigenvalue weighted by Crippen LogP contribution is 2.27. The second kappa shape index (κ2) is 4.86. The zero-order chi connectivity index (χ0) is 14.1. The minimum atomic E-state index is -0.334. The van der Waals surface area contributed by atoms with Gasteiger partial charge >= 0.3 is 0 Å². The lowest BCUT2D eigenvalue weighted by atomic mass is 10.0. The predicted octanol–water partition coefficient (Wildman–Crippen LogP) is 2.19. The largest absolute Gasteiger partial charge is 0.326 e. The summed E-state index contributed by atoms with van der Waals surface area (Å²) in [5.41, 5.74) is 7.73. The molecule has 2 heterocycles. The fraction of sp³-hybridized carbons (Fsp3) is 0.0667. The Balaban J connectivity index is 2.24. The number of hydrogen-bond acceptors (Lipinski definition) is 3. The Bertz CT molecular complexity index is 842. The van der Waals surface area contributed by atoms with Crippen LogP contribution in [0.5, 0.6) is 0 Å². The highest BCUT2D eigenvalue weighted by molar-refractivity contribution is 5.92. The lowest BCUT2D eigenvalue weighted by Crippen LogP contribution is -2.04. The maximum Gasteiger partial charge on any atom is 0.249 e. The van der Waals surface area contributed by atoms with E-state index < -0.39 is 0 Å². The Morgan fingerprint density at radius 1 is 1.20 bits per heavy atom. The Morgan fingerprint density at radius 3 is 2.80 bits per heavy atom. The first kappa shape index (κ1) is 12.5. The van der Waals surface area contributed by atoms with Crippen LogP contribution < -0.4 is 11.3 Å². The van der Waals surface area contributed by atoms with Crippen molar-refractivity contribution in [1.29, 1.82) is 0 Å². The first-order valence-corrected chi connectivity index (χ1v) is 6.16. The highest BCUT2D eigenvalue weighted by atomic mass is 19.1. The Hall–Kier alpha value is -2.53. The van der Waals surface area contributed by atoms with Crippen LogP contribution in [0.1, 0.15) is 5.56 Å². The second-order valence-corrected chi connectivity index (χ2v) is 4.45. The van der Waals surface area contributed by atoms with Crippen molar-refractivity contribution < 1.29 is 4.39 Å². The molecule has 100 valence electrons. The molecule has 0 aliphatic heterocycles. The molecule has 0 spiro atoms. The molecule has 3 rings (SSSR count).